The molecule has 2 aromatic rings. The van der Waals surface area contributed by atoms with Crippen molar-refractivity contribution in [3.05, 3.63) is 52.8 Å². The fourth-order valence-electron chi connectivity index (χ4n) is 2.97. The average Bonchev–Trinajstić information content (AvgIpc) is 2.90. The molecule has 1 aliphatic rings. The van der Waals surface area contributed by atoms with E-state index in [1.807, 2.05) is 0 Å². The van der Waals surface area contributed by atoms with Gasteiger partial charge in [-0.3, -0.25) is 4.79 Å². The van der Waals surface area contributed by atoms with Gasteiger partial charge in [0, 0.05) is 36.5 Å². The zero-order chi connectivity index (χ0) is 18.8. The molecule has 0 aromatic heterocycles. The first kappa shape index (κ1) is 18.2. The standard InChI is InChI=1S/C19H17ClFNO4/c1-22-9-11(4-18(22)23)10-26-15-6-13(5-14(20)8-15)16-3-2-12(19(24)25)7-17(16)21/h2-3,5-8,11H,4,9-10H2,1H3,(H,24,25). The summed E-state index contributed by atoms with van der Waals surface area (Å²) in [7, 11) is 1.75. The monoisotopic (exact) mass is 377 g/mol. The van der Waals surface area contributed by atoms with Gasteiger partial charge in [-0.2, -0.15) is 0 Å². The highest BCUT2D eigenvalue weighted by Crippen LogP contribution is 2.31. The minimum Gasteiger partial charge on any atom is -0.493 e. The molecule has 1 aliphatic heterocycles. The molecule has 1 atom stereocenters. The van der Waals surface area contributed by atoms with Crippen LogP contribution in [0.5, 0.6) is 5.75 Å². The van der Waals surface area contributed by atoms with E-state index in [4.69, 9.17) is 21.4 Å². The Kier molecular flexibility index (Phi) is 5.13. The molecule has 0 bridgehead atoms. The van der Waals surface area contributed by atoms with Gasteiger partial charge in [-0.1, -0.05) is 17.7 Å². The molecule has 1 saturated heterocycles. The van der Waals surface area contributed by atoms with Crippen LogP contribution in [0.2, 0.25) is 5.02 Å². The third-order valence-electron chi connectivity index (χ3n) is 4.31. The number of hydrogen-bond donors (Lipinski definition) is 1. The van der Waals surface area contributed by atoms with Gasteiger partial charge in [0.2, 0.25) is 5.91 Å². The Morgan fingerprint density at radius 3 is 2.73 bits per heavy atom. The van der Waals surface area contributed by atoms with Crippen molar-refractivity contribution in [1.29, 1.82) is 0 Å². The van der Waals surface area contributed by atoms with Gasteiger partial charge in [0.1, 0.15) is 11.6 Å². The summed E-state index contributed by atoms with van der Waals surface area (Å²) in [6, 6.07) is 8.56. The quantitative estimate of drug-likeness (QED) is 0.862. The Morgan fingerprint density at radius 2 is 2.12 bits per heavy atom. The van der Waals surface area contributed by atoms with E-state index in [1.165, 1.54) is 12.1 Å². The molecule has 26 heavy (non-hydrogen) atoms. The third kappa shape index (κ3) is 3.96. The highest BCUT2D eigenvalue weighted by atomic mass is 35.5. The van der Waals surface area contributed by atoms with Crippen LogP contribution in [0.4, 0.5) is 4.39 Å². The molecule has 1 fully saturated rings. The second kappa shape index (κ2) is 7.33. The van der Waals surface area contributed by atoms with Crippen molar-refractivity contribution in [2.24, 2.45) is 5.92 Å². The Bertz CT molecular complexity index is 871. The molecule has 0 aliphatic carbocycles. The summed E-state index contributed by atoms with van der Waals surface area (Å²) >= 11 is 6.12. The SMILES string of the molecule is CN1CC(COc2cc(Cl)cc(-c3ccc(C(=O)O)cc3F)c2)CC1=O. The maximum atomic E-state index is 14.3. The van der Waals surface area contributed by atoms with Crippen LogP contribution in [0.25, 0.3) is 11.1 Å². The molecule has 7 heteroatoms. The van der Waals surface area contributed by atoms with E-state index in [9.17, 15) is 14.0 Å². The first-order valence-electron chi connectivity index (χ1n) is 8.04. The molecule has 1 N–H and O–H groups in total. The zero-order valence-corrected chi connectivity index (χ0v) is 14.8. The van der Waals surface area contributed by atoms with Crippen molar-refractivity contribution in [2.45, 2.75) is 6.42 Å². The van der Waals surface area contributed by atoms with E-state index in [0.717, 1.165) is 6.07 Å². The predicted molar refractivity (Wildman–Crippen MR) is 95.0 cm³/mol. The molecule has 136 valence electrons. The van der Waals surface area contributed by atoms with Crippen molar-refractivity contribution in [3.63, 3.8) is 0 Å². The van der Waals surface area contributed by atoms with Crippen LogP contribution in [0.15, 0.2) is 36.4 Å². The van der Waals surface area contributed by atoms with E-state index in [-0.39, 0.29) is 23.0 Å². The van der Waals surface area contributed by atoms with Gasteiger partial charge in [0.05, 0.1) is 12.2 Å². The second-order valence-electron chi connectivity index (χ2n) is 6.33. The van der Waals surface area contributed by atoms with E-state index >= 15 is 0 Å². The summed E-state index contributed by atoms with van der Waals surface area (Å²) in [5, 5.41) is 9.31. The van der Waals surface area contributed by atoms with Crippen LogP contribution in [0, 0.1) is 11.7 Å². The maximum Gasteiger partial charge on any atom is 0.335 e. The number of halogens is 2. The van der Waals surface area contributed by atoms with E-state index in [0.29, 0.717) is 35.9 Å². The van der Waals surface area contributed by atoms with Crippen molar-refractivity contribution < 1.29 is 23.8 Å². The molecule has 1 unspecified atom stereocenters. The number of hydrogen-bond acceptors (Lipinski definition) is 3. The molecular formula is C19H17ClFNO4. The van der Waals surface area contributed by atoms with Crippen molar-refractivity contribution in [2.75, 3.05) is 20.2 Å². The highest BCUT2D eigenvalue weighted by molar-refractivity contribution is 6.31. The number of benzene rings is 2. The number of carboxylic acid groups (broad SMARTS) is 1. The van der Waals surface area contributed by atoms with Crippen molar-refractivity contribution in [3.8, 4) is 16.9 Å². The topological polar surface area (TPSA) is 66.8 Å². The van der Waals surface area contributed by atoms with Gasteiger partial charge in [-0.15, -0.1) is 0 Å². The van der Waals surface area contributed by atoms with Crippen LogP contribution < -0.4 is 4.74 Å². The fraction of sp³-hybridized carbons (Fsp3) is 0.263. The number of ether oxygens (including phenoxy) is 1. The molecular weight excluding hydrogens is 361 g/mol. The lowest BCUT2D eigenvalue weighted by Crippen LogP contribution is -2.20. The lowest BCUT2D eigenvalue weighted by atomic mass is 10.0. The van der Waals surface area contributed by atoms with Gasteiger partial charge in [-0.25, -0.2) is 9.18 Å². The predicted octanol–water partition coefficient (Wildman–Crippen LogP) is 3.70. The maximum absolute atomic E-state index is 14.3. The number of carbonyl (C=O) groups excluding carboxylic acids is 1. The first-order chi connectivity index (χ1) is 12.3. The normalized spacial score (nSPS) is 16.8. The van der Waals surface area contributed by atoms with Gasteiger partial charge in [0.25, 0.3) is 0 Å². The van der Waals surface area contributed by atoms with E-state index in [1.54, 1.807) is 30.1 Å². The largest absolute Gasteiger partial charge is 0.493 e. The average molecular weight is 378 g/mol. The van der Waals surface area contributed by atoms with Crippen molar-refractivity contribution in [1.82, 2.24) is 4.90 Å². The molecule has 0 spiro atoms. The van der Waals surface area contributed by atoms with Crippen molar-refractivity contribution >= 4 is 23.5 Å². The molecule has 0 radical (unpaired) electrons. The number of rotatable bonds is 5. The smallest absolute Gasteiger partial charge is 0.335 e. The molecule has 2 aromatic carbocycles. The summed E-state index contributed by atoms with van der Waals surface area (Å²) in [4.78, 5) is 24.2. The molecule has 1 amide bonds. The summed E-state index contributed by atoms with van der Waals surface area (Å²) in [5.41, 5.74) is 0.597. The van der Waals surface area contributed by atoms with Gasteiger partial charge in [-0.05, 0) is 35.9 Å². The Labute approximate surface area is 154 Å². The Morgan fingerprint density at radius 1 is 1.35 bits per heavy atom. The van der Waals surface area contributed by atoms with Gasteiger partial charge in [0.15, 0.2) is 0 Å². The van der Waals surface area contributed by atoms with Crippen LogP contribution in [-0.2, 0) is 4.79 Å². The van der Waals surface area contributed by atoms with Crippen LogP contribution in [0.3, 0.4) is 0 Å². The zero-order valence-electron chi connectivity index (χ0n) is 14.0. The minimum atomic E-state index is -1.19. The van der Waals surface area contributed by atoms with Gasteiger partial charge < -0.3 is 14.7 Å². The molecule has 5 nitrogen and oxygen atoms in total. The lowest BCUT2D eigenvalue weighted by Gasteiger charge is -2.13. The molecule has 1 heterocycles. The second-order valence-corrected chi connectivity index (χ2v) is 6.77. The number of carboxylic acids is 1. The highest BCUT2D eigenvalue weighted by Gasteiger charge is 2.27. The molecule has 0 saturated carbocycles. The number of nitrogens with zero attached hydrogens (tertiary/aromatic N) is 1. The lowest BCUT2D eigenvalue weighted by molar-refractivity contribution is -0.126. The Balaban J connectivity index is 1.80. The number of amides is 1. The van der Waals surface area contributed by atoms with Crippen LogP contribution in [0.1, 0.15) is 16.8 Å². The van der Waals surface area contributed by atoms with Gasteiger partial charge >= 0.3 is 5.97 Å². The number of aromatic carboxylic acids is 1. The minimum absolute atomic E-state index is 0.0889. The summed E-state index contributed by atoms with van der Waals surface area (Å²) in [5.74, 6) is -1.19. The first-order valence-corrected chi connectivity index (χ1v) is 8.42. The third-order valence-corrected chi connectivity index (χ3v) is 4.52. The summed E-state index contributed by atoms with van der Waals surface area (Å²) in [6.07, 6.45) is 0.440. The van der Waals surface area contributed by atoms with E-state index in [2.05, 4.69) is 0 Å². The number of likely N-dealkylation sites (tertiary alicyclic amines) is 1. The van der Waals surface area contributed by atoms with Crippen LogP contribution >= 0.6 is 11.6 Å². The van der Waals surface area contributed by atoms with Crippen LogP contribution in [-0.4, -0.2) is 42.1 Å². The number of carbonyl (C=O) groups is 2. The fourth-order valence-corrected chi connectivity index (χ4v) is 3.19. The summed E-state index contributed by atoms with van der Waals surface area (Å²) < 4.78 is 20.0. The summed E-state index contributed by atoms with van der Waals surface area (Å²) in [6.45, 7) is 0.994. The van der Waals surface area contributed by atoms with E-state index < -0.39 is 11.8 Å². The molecule has 3 rings (SSSR count). The Hall–Kier alpha value is -2.60.